The van der Waals surface area contributed by atoms with Crippen LogP contribution in [-0.4, -0.2) is 9.13 Å². The maximum Gasteiger partial charge on any atom is 0.265 e. The molecular weight excluding hydrogens is 272 g/mol. The molecule has 5 heteroatoms. The van der Waals surface area contributed by atoms with Gasteiger partial charge in [-0.3, -0.25) is 9.59 Å². The van der Waals surface area contributed by atoms with Crippen molar-refractivity contribution in [2.45, 2.75) is 6.92 Å². The summed E-state index contributed by atoms with van der Waals surface area (Å²) in [6.07, 6.45) is 0. The maximum absolute atomic E-state index is 11.8. The Morgan fingerprint density at radius 1 is 1.00 bits per heavy atom. The zero-order chi connectivity index (χ0) is 12.0. The molecule has 0 fully saturated rings. The fraction of sp³-hybridized carbons (Fsp3) is 0.273. The van der Waals surface area contributed by atoms with E-state index in [2.05, 4.69) is 15.9 Å². The van der Waals surface area contributed by atoms with Crippen molar-refractivity contribution in [3.05, 3.63) is 42.9 Å². The van der Waals surface area contributed by atoms with Crippen LogP contribution in [0.5, 0.6) is 0 Å². The molecule has 0 aliphatic carbocycles. The molecule has 0 saturated heterocycles. The molecule has 0 aliphatic heterocycles. The van der Waals surface area contributed by atoms with Gasteiger partial charge in [0.2, 0.25) is 0 Å². The standard InChI is InChI=1S/C11H11BrN2O2/c1-6-4-8-9(13(2)10(6)15)5-7(12)11(16)14(8)3/h4-5H,1-3H3. The van der Waals surface area contributed by atoms with Crippen LogP contribution in [0.25, 0.3) is 11.0 Å². The number of nitrogens with zero attached hydrogens (tertiary/aromatic N) is 2. The van der Waals surface area contributed by atoms with Crippen molar-refractivity contribution in [2.24, 2.45) is 14.1 Å². The average molecular weight is 283 g/mol. The van der Waals surface area contributed by atoms with E-state index >= 15 is 0 Å². The highest BCUT2D eigenvalue weighted by Crippen LogP contribution is 2.14. The van der Waals surface area contributed by atoms with Gasteiger partial charge >= 0.3 is 0 Å². The predicted octanol–water partition coefficient (Wildman–Crippen LogP) is 1.31. The van der Waals surface area contributed by atoms with E-state index in [4.69, 9.17) is 0 Å². The normalized spacial score (nSPS) is 11.0. The minimum Gasteiger partial charge on any atom is -0.310 e. The van der Waals surface area contributed by atoms with Crippen LogP contribution >= 0.6 is 15.9 Å². The van der Waals surface area contributed by atoms with Gasteiger partial charge in [0.25, 0.3) is 11.1 Å². The lowest BCUT2D eigenvalue weighted by Crippen LogP contribution is -2.24. The lowest BCUT2D eigenvalue weighted by Gasteiger charge is -2.10. The molecule has 0 aliphatic rings. The lowest BCUT2D eigenvalue weighted by atomic mass is 10.2. The van der Waals surface area contributed by atoms with Gasteiger partial charge in [-0.15, -0.1) is 0 Å². The monoisotopic (exact) mass is 282 g/mol. The molecule has 0 radical (unpaired) electrons. The first-order valence-corrected chi connectivity index (χ1v) is 5.58. The molecule has 0 spiro atoms. The van der Waals surface area contributed by atoms with Crippen molar-refractivity contribution < 1.29 is 0 Å². The molecule has 0 atom stereocenters. The number of halogens is 1. The molecule has 0 N–H and O–H groups in total. The number of pyridine rings is 2. The first-order chi connectivity index (χ1) is 7.43. The summed E-state index contributed by atoms with van der Waals surface area (Å²) in [5.41, 5.74) is 1.98. The fourth-order valence-corrected chi connectivity index (χ4v) is 2.26. The SMILES string of the molecule is Cc1cc2c(cc(Br)c(=O)n2C)n(C)c1=O. The summed E-state index contributed by atoms with van der Waals surface area (Å²) in [4.78, 5) is 23.5. The minimum atomic E-state index is -0.106. The summed E-state index contributed by atoms with van der Waals surface area (Å²) in [7, 11) is 3.40. The summed E-state index contributed by atoms with van der Waals surface area (Å²) < 4.78 is 3.54. The van der Waals surface area contributed by atoms with Crippen LogP contribution in [-0.2, 0) is 14.1 Å². The maximum atomic E-state index is 11.8. The van der Waals surface area contributed by atoms with Crippen molar-refractivity contribution in [3.8, 4) is 0 Å². The summed E-state index contributed by atoms with van der Waals surface area (Å²) >= 11 is 3.20. The largest absolute Gasteiger partial charge is 0.310 e. The third-order valence-corrected chi connectivity index (χ3v) is 3.32. The van der Waals surface area contributed by atoms with Crippen LogP contribution in [0.15, 0.2) is 26.2 Å². The molecular formula is C11H11BrN2O2. The number of aryl methyl sites for hydroxylation is 3. The molecule has 2 rings (SSSR count). The van der Waals surface area contributed by atoms with E-state index in [9.17, 15) is 9.59 Å². The summed E-state index contributed by atoms with van der Waals surface area (Å²) in [5.74, 6) is 0. The highest BCUT2D eigenvalue weighted by Gasteiger charge is 2.09. The lowest BCUT2D eigenvalue weighted by molar-refractivity contribution is 0.851. The number of aromatic nitrogens is 2. The smallest absolute Gasteiger partial charge is 0.265 e. The van der Waals surface area contributed by atoms with Gasteiger partial charge in [0.05, 0.1) is 15.5 Å². The summed E-state index contributed by atoms with van der Waals surface area (Å²) in [6, 6.07) is 3.42. The Labute approximate surface area is 100 Å². The first-order valence-electron chi connectivity index (χ1n) is 4.79. The quantitative estimate of drug-likeness (QED) is 0.731. The zero-order valence-corrected chi connectivity index (χ0v) is 10.8. The number of rotatable bonds is 0. The van der Waals surface area contributed by atoms with Gasteiger partial charge in [-0.1, -0.05) is 0 Å². The molecule has 84 valence electrons. The van der Waals surface area contributed by atoms with E-state index in [0.717, 1.165) is 11.0 Å². The van der Waals surface area contributed by atoms with E-state index in [-0.39, 0.29) is 11.1 Å². The van der Waals surface area contributed by atoms with E-state index in [1.807, 2.05) is 0 Å². The summed E-state index contributed by atoms with van der Waals surface area (Å²) in [6.45, 7) is 1.74. The van der Waals surface area contributed by atoms with E-state index in [0.29, 0.717) is 10.0 Å². The number of hydrogen-bond donors (Lipinski definition) is 0. The third-order valence-electron chi connectivity index (χ3n) is 2.75. The second-order valence-electron chi connectivity index (χ2n) is 3.82. The van der Waals surface area contributed by atoms with Crippen LogP contribution in [0.4, 0.5) is 0 Å². The topological polar surface area (TPSA) is 44.0 Å². The van der Waals surface area contributed by atoms with Gasteiger partial charge in [-0.25, -0.2) is 0 Å². The van der Waals surface area contributed by atoms with Gasteiger partial charge in [0.1, 0.15) is 0 Å². The predicted molar refractivity (Wildman–Crippen MR) is 66.9 cm³/mol. The minimum absolute atomic E-state index is 0.0435. The van der Waals surface area contributed by atoms with Crippen LogP contribution in [0, 0.1) is 6.92 Å². The second-order valence-corrected chi connectivity index (χ2v) is 4.67. The summed E-state index contributed by atoms with van der Waals surface area (Å²) in [5, 5.41) is 0. The molecule has 0 amide bonds. The Hall–Kier alpha value is -1.36. The Balaban J connectivity index is 3.15. The highest BCUT2D eigenvalue weighted by molar-refractivity contribution is 9.10. The Morgan fingerprint density at radius 3 is 2.12 bits per heavy atom. The van der Waals surface area contributed by atoms with Crippen molar-refractivity contribution in [2.75, 3.05) is 0 Å². The molecule has 2 aromatic heterocycles. The van der Waals surface area contributed by atoms with E-state index in [1.165, 1.54) is 4.57 Å². The van der Waals surface area contributed by atoms with E-state index in [1.54, 1.807) is 37.7 Å². The molecule has 2 heterocycles. The van der Waals surface area contributed by atoms with Crippen LogP contribution < -0.4 is 11.1 Å². The van der Waals surface area contributed by atoms with E-state index < -0.39 is 0 Å². The van der Waals surface area contributed by atoms with Gasteiger partial charge in [-0.05, 0) is 35.0 Å². The number of hydrogen-bond acceptors (Lipinski definition) is 2. The Bertz CT molecular complexity index is 636. The average Bonchev–Trinajstić information content (AvgIpc) is 2.25. The molecule has 16 heavy (non-hydrogen) atoms. The zero-order valence-electron chi connectivity index (χ0n) is 9.24. The highest BCUT2D eigenvalue weighted by atomic mass is 79.9. The van der Waals surface area contributed by atoms with Crippen LogP contribution in [0.1, 0.15) is 5.56 Å². The van der Waals surface area contributed by atoms with Gasteiger partial charge < -0.3 is 9.13 Å². The van der Waals surface area contributed by atoms with Gasteiger partial charge in [0, 0.05) is 19.7 Å². The van der Waals surface area contributed by atoms with Crippen LogP contribution in [0.3, 0.4) is 0 Å². The number of fused-ring (bicyclic) bond motifs is 1. The Morgan fingerprint density at radius 2 is 1.50 bits per heavy atom. The molecule has 0 aromatic carbocycles. The van der Waals surface area contributed by atoms with Crippen LogP contribution in [0.2, 0.25) is 0 Å². The van der Waals surface area contributed by atoms with Crippen molar-refractivity contribution >= 4 is 27.0 Å². The molecule has 4 nitrogen and oxygen atoms in total. The molecule has 0 bridgehead atoms. The molecule has 2 aromatic rings. The fourth-order valence-electron chi connectivity index (χ4n) is 1.78. The third kappa shape index (κ3) is 1.43. The van der Waals surface area contributed by atoms with Gasteiger partial charge in [0.15, 0.2) is 0 Å². The van der Waals surface area contributed by atoms with Crippen molar-refractivity contribution in [1.29, 1.82) is 0 Å². The molecule has 0 saturated carbocycles. The second kappa shape index (κ2) is 3.59. The Kier molecular flexibility index (Phi) is 2.50. The van der Waals surface area contributed by atoms with Gasteiger partial charge in [-0.2, -0.15) is 0 Å². The molecule has 0 unspecified atom stereocenters. The first kappa shape index (κ1) is 11.1. The van der Waals surface area contributed by atoms with Crippen molar-refractivity contribution in [1.82, 2.24) is 9.13 Å². The van der Waals surface area contributed by atoms with Crippen molar-refractivity contribution in [3.63, 3.8) is 0 Å².